The Morgan fingerprint density at radius 1 is 1.32 bits per heavy atom. The summed E-state index contributed by atoms with van der Waals surface area (Å²) in [6.07, 6.45) is 5.70. The van der Waals surface area contributed by atoms with Crippen LogP contribution in [-0.2, 0) is 24.0 Å². The van der Waals surface area contributed by atoms with Crippen molar-refractivity contribution in [3.05, 3.63) is 23.8 Å². The Labute approximate surface area is 180 Å². The number of carbonyl (C=O) groups excluding carboxylic acids is 4. The van der Waals surface area contributed by atoms with Gasteiger partial charge < -0.3 is 25.4 Å². The van der Waals surface area contributed by atoms with Crippen LogP contribution in [0.3, 0.4) is 0 Å². The summed E-state index contributed by atoms with van der Waals surface area (Å²) in [7, 11) is 0. The van der Waals surface area contributed by atoms with Crippen molar-refractivity contribution >= 4 is 30.0 Å². The fourth-order valence-corrected chi connectivity index (χ4v) is 3.69. The van der Waals surface area contributed by atoms with Crippen molar-refractivity contribution in [2.75, 3.05) is 6.54 Å². The minimum absolute atomic E-state index is 0.140. The van der Waals surface area contributed by atoms with Gasteiger partial charge in [-0.15, -0.1) is 0 Å². The molecule has 2 rings (SSSR count). The van der Waals surface area contributed by atoms with Crippen molar-refractivity contribution in [3.63, 3.8) is 0 Å². The SMILES string of the molecule is CC(NC(=O)C1C=C(C#N)C=C[C@H]1C)C(=O)N1CCC[C@H]1C(=O)NC(C=O)CC(=O)O. The molecular weight excluding hydrogens is 404 g/mol. The zero-order valence-electron chi connectivity index (χ0n) is 17.4. The van der Waals surface area contributed by atoms with Crippen LogP contribution in [0.5, 0.6) is 0 Å². The van der Waals surface area contributed by atoms with E-state index in [1.165, 1.54) is 11.8 Å². The lowest BCUT2D eigenvalue weighted by Crippen LogP contribution is -2.54. The molecule has 10 heteroatoms. The number of hydrogen-bond acceptors (Lipinski definition) is 6. The smallest absolute Gasteiger partial charge is 0.305 e. The van der Waals surface area contributed by atoms with E-state index in [2.05, 4.69) is 10.6 Å². The van der Waals surface area contributed by atoms with Gasteiger partial charge >= 0.3 is 5.97 Å². The molecule has 0 aromatic heterocycles. The highest BCUT2D eigenvalue weighted by Crippen LogP contribution is 2.23. The summed E-state index contributed by atoms with van der Waals surface area (Å²) in [5, 5.41) is 22.9. The summed E-state index contributed by atoms with van der Waals surface area (Å²) in [5.41, 5.74) is 0.375. The summed E-state index contributed by atoms with van der Waals surface area (Å²) in [4.78, 5) is 61.2. The van der Waals surface area contributed by atoms with Gasteiger partial charge in [0.25, 0.3) is 0 Å². The number of carboxylic acids is 1. The molecule has 10 nitrogen and oxygen atoms in total. The third-order valence-corrected chi connectivity index (χ3v) is 5.39. The van der Waals surface area contributed by atoms with Gasteiger partial charge in [-0.25, -0.2) is 0 Å². The summed E-state index contributed by atoms with van der Waals surface area (Å²) in [6, 6.07) is -0.932. The van der Waals surface area contributed by atoms with E-state index in [4.69, 9.17) is 10.4 Å². The summed E-state index contributed by atoms with van der Waals surface area (Å²) in [5.74, 6) is -3.40. The Kier molecular flexibility index (Phi) is 8.07. The molecule has 0 radical (unpaired) electrons. The van der Waals surface area contributed by atoms with E-state index in [0.717, 1.165) is 0 Å². The second kappa shape index (κ2) is 10.5. The van der Waals surface area contributed by atoms with Crippen LogP contribution in [0, 0.1) is 23.2 Å². The van der Waals surface area contributed by atoms with E-state index in [0.29, 0.717) is 31.2 Å². The fourth-order valence-electron chi connectivity index (χ4n) is 3.69. The van der Waals surface area contributed by atoms with E-state index in [1.54, 1.807) is 18.2 Å². The van der Waals surface area contributed by atoms with Crippen LogP contribution in [0.1, 0.15) is 33.1 Å². The maximum Gasteiger partial charge on any atom is 0.305 e. The highest BCUT2D eigenvalue weighted by molar-refractivity contribution is 5.94. The average molecular weight is 430 g/mol. The molecular formula is C21H26N4O6. The maximum atomic E-state index is 12.9. The quantitative estimate of drug-likeness (QED) is 0.454. The highest BCUT2D eigenvalue weighted by atomic mass is 16.4. The number of aliphatic carboxylic acids is 1. The number of carbonyl (C=O) groups is 5. The van der Waals surface area contributed by atoms with Crippen molar-refractivity contribution < 1.29 is 29.1 Å². The highest BCUT2D eigenvalue weighted by Gasteiger charge is 2.37. The van der Waals surface area contributed by atoms with Gasteiger partial charge in [0, 0.05) is 12.1 Å². The molecule has 1 fully saturated rings. The molecule has 2 aliphatic rings. The van der Waals surface area contributed by atoms with E-state index >= 15 is 0 Å². The number of aldehydes is 1. The molecule has 3 N–H and O–H groups in total. The van der Waals surface area contributed by atoms with Crippen LogP contribution < -0.4 is 10.6 Å². The molecule has 3 unspecified atom stereocenters. The van der Waals surface area contributed by atoms with E-state index in [1.807, 2.05) is 13.0 Å². The lowest BCUT2D eigenvalue weighted by molar-refractivity contribution is -0.142. The second-order valence-corrected chi connectivity index (χ2v) is 7.75. The number of carboxylic acid groups (broad SMARTS) is 1. The van der Waals surface area contributed by atoms with Gasteiger partial charge in [-0.3, -0.25) is 19.2 Å². The molecule has 0 aromatic rings. The predicted molar refractivity (Wildman–Crippen MR) is 108 cm³/mol. The van der Waals surface area contributed by atoms with Crippen molar-refractivity contribution in [2.24, 2.45) is 11.8 Å². The van der Waals surface area contributed by atoms with Gasteiger partial charge in [0.15, 0.2) is 0 Å². The lowest BCUT2D eigenvalue weighted by Gasteiger charge is -2.29. The average Bonchev–Trinajstić information content (AvgIpc) is 3.22. The van der Waals surface area contributed by atoms with Gasteiger partial charge in [0.1, 0.15) is 18.4 Å². The zero-order chi connectivity index (χ0) is 23.1. The third-order valence-electron chi connectivity index (χ3n) is 5.39. The maximum absolute atomic E-state index is 12.9. The standard InChI is InChI=1S/C21H26N4O6/c1-12-5-6-14(10-22)8-16(12)19(29)23-13(2)21(31)25-7-3-4-17(25)20(30)24-15(11-26)9-18(27)28/h5-6,8,11-13,15-17H,3-4,7,9H2,1-2H3,(H,23,29)(H,24,30)(H,27,28)/t12-,13?,15?,16?,17+/m1/s1. The first kappa shape index (κ1) is 23.8. The van der Waals surface area contributed by atoms with Gasteiger partial charge in [-0.2, -0.15) is 5.26 Å². The molecule has 0 aromatic carbocycles. The number of likely N-dealkylation sites (tertiary alicyclic amines) is 1. The first-order chi connectivity index (χ1) is 14.7. The van der Waals surface area contributed by atoms with E-state index in [-0.39, 0.29) is 5.92 Å². The Balaban J connectivity index is 2.01. The molecule has 31 heavy (non-hydrogen) atoms. The zero-order valence-corrected chi connectivity index (χ0v) is 17.4. The van der Waals surface area contributed by atoms with Gasteiger partial charge in [0.05, 0.1) is 24.4 Å². The summed E-state index contributed by atoms with van der Waals surface area (Å²) < 4.78 is 0. The second-order valence-electron chi connectivity index (χ2n) is 7.75. The van der Waals surface area contributed by atoms with Crippen molar-refractivity contribution in [1.82, 2.24) is 15.5 Å². The Morgan fingerprint density at radius 2 is 2.03 bits per heavy atom. The van der Waals surface area contributed by atoms with Crippen molar-refractivity contribution in [3.8, 4) is 6.07 Å². The van der Waals surface area contributed by atoms with Crippen molar-refractivity contribution in [1.29, 1.82) is 5.26 Å². The Hall–Kier alpha value is -3.48. The number of hydrogen-bond donors (Lipinski definition) is 3. The molecule has 166 valence electrons. The molecule has 1 heterocycles. The molecule has 5 atom stereocenters. The van der Waals surface area contributed by atoms with Crippen LogP contribution in [-0.4, -0.2) is 64.7 Å². The molecule has 0 saturated carbocycles. The van der Waals surface area contributed by atoms with Crippen LogP contribution in [0.2, 0.25) is 0 Å². The largest absolute Gasteiger partial charge is 0.481 e. The van der Waals surface area contributed by atoms with Crippen LogP contribution in [0.4, 0.5) is 0 Å². The first-order valence-electron chi connectivity index (χ1n) is 10.1. The van der Waals surface area contributed by atoms with Crippen LogP contribution >= 0.6 is 0 Å². The lowest BCUT2D eigenvalue weighted by atomic mass is 9.86. The fraction of sp³-hybridized carbons (Fsp3) is 0.524. The number of allylic oxidation sites excluding steroid dienone is 3. The van der Waals surface area contributed by atoms with E-state index in [9.17, 15) is 24.0 Å². The van der Waals surface area contributed by atoms with Gasteiger partial charge in [-0.05, 0) is 31.8 Å². The summed E-state index contributed by atoms with van der Waals surface area (Å²) >= 11 is 0. The van der Waals surface area contributed by atoms with Crippen molar-refractivity contribution in [2.45, 2.75) is 51.2 Å². The minimum atomic E-state index is -1.23. The van der Waals surface area contributed by atoms with Crippen LogP contribution in [0.15, 0.2) is 23.8 Å². The molecule has 0 spiro atoms. The number of nitrogens with zero attached hydrogens (tertiary/aromatic N) is 2. The first-order valence-corrected chi connectivity index (χ1v) is 10.1. The Bertz CT molecular complexity index is 858. The monoisotopic (exact) mass is 430 g/mol. The predicted octanol–water partition coefficient (Wildman–Crippen LogP) is -0.0874. The number of amides is 3. The number of nitrogens with one attached hydrogen (secondary N) is 2. The summed E-state index contributed by atoms with van der Waals surface area (Å²) in [6.45, 7) is 3.66. The molecule has 3 amide bonds. The normalized spacial score (nSPS) is 24.4. The molecule has 1 saturated heterocycles. The van der Waals surface area contributed by atoms with Gasteiger partial charge in [0.2, 0.25) is 17.7 Å². The molecule has 1 aliphatic heterocycles. The minimum Gasteiger partial charge on any atom is -0.481 e. The third kappa shape index (κ3) is 6.01. The topological polar surface area (TPSA) is 157 Å². The molecule has 0 bridgehead atoms. The van der Waals surface area contributed by atoms with Crippen LogP contribution in [0.25, 0.3) is 0 Å². The van der Waals surface area contributed by atoms with E-state index < -0.39 is 54.2 Å². The molecule has 1 aliphatic carbocycles. The van der Waals surface area contributed by atoms with Gasteiger partial charge in [-0.1, -0.05) is 19.1 Å². The Morgan fingerprint density at radius 3 is 2.65 bits per heavy atom. The number of nitriles is 1. The number of rotatable bonds is 8.